The molecule has 1 aliphatic rings. The highest BCUT2D eigenvalue weighted by molar-refractivity contribution is 7.08. The monoisotopic (exact) mass is 322 g/mol. The fourth-order valence-corrected chi connectivity index (χ4v) is 3.81. The van der Waals surface area contributed by atoms with Crippen molar-refractivity contribution in [2.24, 2.45) is 5.92 Å². The third kappa shape index (κ3) is 4.57. The molecule has 1 heterocycles. The molecule has 22 heavy (non-hydrogen) atoms. The lowest BCUT2D eigenvalue weighted by Crippen LogP contribution is -2.42. The number of carbonyl (C=O) groups excluding carboxylic acids is 2. The molecule has 2 unspecified atom stereocenters. The zero-order valence-electron chi connectivity index (χ0n) is 13.5. The van der Waals surface area contributed by atoms with E-state index in [1.165, 1.54) is 30.6 Å². The minimum absolute atomic E-state index is 0.0528. The number of rotatable bonds is 6. The van der Waals surface area contributed by atoms with Crippen LogP contribution in [0.25, 0.3) is 0 Å². The molecular formula is C17H26N2O2S. The molecule has 0 bridgehead atoms. The Bertz CT molecular complexity index is 487. The van der Waals surface area contributed by atoms with Gasteiger partial charge in [-0.1, -0.05) is 19.8 Å². The lowest BCUT2D eigenvalue weighted by molar-refractivity contribution is -0.133. The first-order chi connectivity index (χ1) is 10.6. The Hall–Kier alpha value is -1.36. The largest absolute Gasteiger partial charge is 0.352 e. The predicted molar refractivity (Wildman–Crippen MR) is 90.1 cm³/mol. The molecule has 1 saturated carbocycles. The average Bonchev–Trinajstić information content (AvgIpc) is 3.05. The minimum atomic E-state index is -0.0528. The highest BCUT2D eigenvalue weighted by atomic mass is 32.1. The first-order valence-electron chi connectivity index (χ1n) is 8.15. The Morgan fingerprint density at radius 3 is 2.82 bits per heavy atom. The Morgan fingerprint density at radius 2 is 2.14 bits per heavy atom. The zero-order valence-corrected chi connectivity index (χ0v) is 14.3. The second-order valence-corrected chi connectivity index (χ2v) is 6.99. The summed E-state index contributed by atoms with van der Waals surface area (Å²) in [5.74, 6) is 0.743. The third-order valence-corrected chi connectivity index (χ3v) is 5.28. The highest BCUT2D eigenvalue weighted by Crippen LogP contribution is 2.27. The van der Waals surface area contributed by atoms with Gasteiger partial charge in [-0.05, 0) is 36.6 Å². The number of hydrogen-bond donors (Lipinski definition) is 1. The van der Waals surface area contributed by atoms with Crippen molar-refractivity contribution >= 4 is 23.2 Å². The van der Waals surface area contributed by atoms with Crippen molar-refractivity contribution in [3.63, 3.8) is 0 Å². The van der Waals surface area contributed by atoms with Crippen LogP contribution in [0.1, 0.15) is 55.8 Å². The Labute approximate surface area is 136 Å². The highest BCUT2D eigenvalue weighted by Gasteiger charge is 2.27. The molecule has 1 N–H and O–H groups in total. The third-order valence-electron chi connectivity index (χ3n) is 4.59. The fraction of sp³-hybridized carbons (Fsp3) is 0.647. The molecule has 1 aromatic heterocycles. The summed E-state index contributed by atoms with van der Waals surface area (Å²) in [6.45, 7) is 2.79. The van der Waals surface area contributed by atoms with Crippen molar-refractivity contribution in [2.75, 3.05) is 13.6 Å². The zero-order chi connectivity index (χ0) is 15.9. The molecule has 2 rings (SSSR count). The van der Waals surface area contributed by atoms with Crippen LogP contribution in [0.4, 0.5) is 0 Å². The SMILES string of the molecule is CC1CCCCC1N(C)C(=O)CCCNC(=O)c1ccsc1. The van der Waals surface area contributed by atoms with Crippen LogP contribution in [-0.4, -0.2) is 36.3 Å². The van der Waals surface area contributed by atoms with E-state index in [1.807, 2.05) is 28.8 Å². The van der Waals surface area contributed by atoms with Crippen molar-refractivity contribution in [1.82, 2.24) is 10.2 Å². The molecule has 0 radical (unpaired) electrons. The number of hydrogen-bond acceptors (Lipinski definition) is 3. The molecule has 1 aliphatic carbocycles. The Balaban J connectivity index is 1.67. The fourth-order valence-electron chi connectivity index (χ4n) is 3.17. The Morgan fingerprint density at radius 1 is 1.36 bits per heavy atom. The van der Waals surface area contributed by atoms with Crippen molar-refractivity contribution in [3.05, 3.63) is 22.4 Å². The van der Waals surface area contributed by atoms with Crippen LogP contribution in [0, 0.1) is 5.92 Å². The molecule has 0 spiro atoms. The quantitative estimate of drug-likeness (QED) is 0.817. The topological polar surface area (TPSA) is 49.4 Å². The van der Waals surface area contributed by atoms with E-state index in [1.54, 1.807) is 0 Å². The second-order valence-electron chi connectivity index (χ2n) is 6.21. The van der Waals surface area contributed by atoms with Gasteiger partial charge < -0.3 is 10.2 Å². The van der Waals surface area contributed by atoms with Crippen LogP contribution in [0.2, 0.25) is 0 Å². The molecule has 0 saturated heterocycles. The minimum Gasteiger partial charge on any atom is -0.352 e. The Kier molecular flexibility index (Phi) is 6.43. The van der Waals surface area contributed by atoms with Crippen molar-refractivity contribution in [2.45, 2.75) is 51.5 Å². The standard InChI is InChI=1S/C17H26N2O2S/c1-13-6-3-4-7-15(13)19(2)16(20)8-5-10-18-17(21)14-9-11-22-12-14/h9,11-13,15H,3-8,10H2,1-2H3,(H,18,21). The van der Waals surface area contributed by atoms with Crippen LogP contribution in [0.15, 0.2) is 16.8 Å². The van der Waals surface area contributed by atoms with Crippen LogP contribution in [0.5, 0.6) is 0 Å². The molecule has 0 aliphatic heterocycles. The predicted octanol–water partition coefficient (Wildman–Crippen LogP) is 3.30. The van der Waals surface area contributed by atoms with Gasteiger partial charge >= 0.3 is 0 Å². The van der Waals surface area contributed by atoms with Gasteiger partial charge in [0.1, 0.15) is 0 Å². The first kappa shape index (κ1) is 17.0. The summed E-state index contributed by atoms with van der Waals surface area (Å²) in [5, 5.41) is 6.58. The maximum absolute atomic E-state index is 12.3. The van der Waals surface area contributed by atoms with E-state index in [0.29, 0.717) is 36.9 Å². The number of nitrogens with one attached hydrogen (secondary N) is 1. The molecule has 122 valence electrons. The summed E-state index contributed by atoms with van der Waals surface area (Å²) in [6.07, 6.45) is 6.05. The lowest BCUT2D eigenvalue weighted by atomic mass is 9.85. The lowest BCUT2D eigenvalue weighted by Gasteiger charge is -2.36. The molecule has 4 nitrogen and oxygen atoms in total. The van der Waals surface area contributed by atoms with Crippen LogP contribution >= 0.6 is 11.3 Å². The van der Waals surface area contributed by atoms with Gasteiger partial charge in [0.05, 0.1) is 0 Å². The van der Waals surface area contributed by atoms with Gasteiger partial charge in [0.25, 0.3) is 5.91 Å². The normalized spacial score (nSPS) is 21.4. The van der Waals surface area contributed by atoms with Crippen LogP contribution in [-0.2, 0) is 4.79 Å². The molecule has 1 fully saturated rings. The van der Waals surface area contributed by atoms with Gasteiger partial charge in [0.2, 0.25) is 5.91 Å². The molecule has 2 amide bonds. The van der Waals surface area contributed by atoms with Gasteiger partial charge in [-0.2, -0.15) is 11.3 Å². The molecule has 2 atom stereocenters. The van der Waals surface area contributed by atoms with E-state index in [0.717, 1.165) is 6.42 Å². The number of amides is 2. The molecular weight excluding hydrogens is 296 g/mol. The summed E-state index contributed by atoms with van der Waals surface area (Å²) >= 11 is 1.51. The van der Waals surface area contributed by atoms with Gasteiger partial charge in [0, 0.05) is 37.0 Å². The summed E-state index contributed by atoms with van der Waals surface area (Å²) in [7, 11) is 1.93. The summed E-state index contributed by atoms with van der Waals surface area (Å²) in [6, 6.07) is 2.20. The van der Waals surface area contributed by atoms with E-state index in [4.69, 9.17) is 0 Å². The van der Waals surface area contributed by atoms with Gasteiger partial charge in [-0.25, -0.2) is 0 Å². The van der Waals surface area contributed by atoms with Gasteiger partial charge in [-0.15, -0.1) is 0 Å². The molecule has 1 aromatic rings. The maximum Gasteiger partial charge on any atom is 0.252 e. The van der Waals surface area contributed by atoms with Crippen LogP contribution < -0.4 is 5.32 Å². The number of thiophene rings is 1. The van der Waals surface area contributed by atoms with Crippen molar-refractivity contribution in [1.29, 1.82) is 0 Å². The van der Waals surface area contributed by atoms with E-state index in [-0.39, 0.29) is 11.8 Å². The van der Waals surface area contributed by atoms with E-state index in [2.05, 4.69) is 12.2 Å². The summed E-state index contributed by atoms with van der Waals surface area (Å²) < 4.78 is 0. The number of nitrogens with zero attached hydrogens (tertiary/aromatic N) is 1. The van der Waals surface area contributed by atoms with E-state index in [9.17, 15) is 9.59 Å². The summed E-state index contributed by atoms with van der Waals surface area (Å²) in [4.78, 5) is 26.0. The average molecular weight is 322 g/mol. The first-order valence-corrected chi connectivity index (χ1v) is 9.10. The van der Waals surface area contributed by atoms with E-state index >= 15 is 0 Å². The van der Waals surface area contributed by atoms with Crippen molar-refractivity contribution < 1.29 is 9.59 Å². The smallest absolute Gasteiger partial charge is 0.252 e. The maximum atomic E-state index is 12.3. The molecule has 0 aromatic carbocycles. The van der Waals surface area contributed by atoms with Gasteiger partial charge in [0.15, 0.2) is 0 Å². The van der Waals surface area contributed by atoms with Crippen LogP contribution in [0.3, 0.4) is 0 Å². The van der Waals surface area contributed by atoms with E-state index < -0.39 is 0 Å². The second kappa shape index (κ2) is 8.32. The summed E-state index contributed by atoms with van der Waals surface area (Å²) in [5.41, 5.74) is 0.699. The van der Waals surface area contributed by atoms with Gasteiger partial charge in [-0.3, -0.25) is 9.59 Å². The van der Waals surface area contributed by atoms with Crippen molar-refractivity contribution in [3.8, 4) is 0 Å². The molecule has 5 heteroatoms. The number of carbonyl (C=O) groups is 2.